The molecule has 0 aromatic rings. The molecule has 2 amide bonds. The molecule has 0 bridgehead atoms. The first-order chi connectivity index (χ1) is 8.90. The molecule has 1 atom stereocenters. The summed E-state index contributed by atoms with van der Waals surface area (Å²) in [5, 5.41) is 5.33. The second kappa shape index (κ2) is 9.69. The van der Waals surface area contributed by atoms with Crippen molar-refractivity contribution in [1.29, 1.82) is 0 Å². The van der Waals surface area contributed by atoms with Crippen molar-refractivity contribution < 1.29 is 14.3 Å². The van der Waals surface area contributed by atoms with Crippen LogP contribution in [-0.2, 0) is 14.3 Å². The lowest BCUT2D eigenvalue weighted by molar-refractivity contribution is -0.124. The molecule has 7 heteroatoms. The molecule has 0 saturated carbocycles. The lowest BCUT2D eigenvalue weighted by Gasteiger charge is -2.18. The fourth-order valence-electron chi connectivity index (χ4n) is 1.55. The normalized spacial score (nSPS) is 12.0. The van der Waals surface area contributed by atoms with Crippen LogP contribution in [0.2, 0.25) is 0 Å². The molecule has 4 N–H and O–H groups in total. The number of rotatable bonds is 9. The van der Waals surface area contributed by atoms with Crippen LogP contribution in [0.3, 0.4) is 0 Å². The van der Waals surface area contributed by atoms with Gasteiger partial charge in [0.2, 0.25) is 11.8 Å². The predicted octanol–water partition coefficient (Wildman–Crippen LogP) is -0.186. The van der Waals surface area contributed by atoms with Crippen LogP contribution >= 0.6 is 12.2 Å². The summed E-state index contributed by atoms with van der Waals surface area (Å²) in [6.45, 7) is 4.95. The lowest BCUT2D eigenvalue weighted by atomic mass is 9.95. The van der Waals surface area contributed by atoms with E-state index in [9.17, 15) is 9.59 Å². The number of carbonyl (C=O) groups is 2. The van der Waals surface area contributed by atoms with Gasteiger partial charge in [0.25, 0.3) is 0 Å². The molecular formula is C12H23N3O3S. The van der Waals surface area contributed by atoms with Crippen LogP contribution in [0.4, 0.5) is 0 Å². The Labute approximate surface area is 119 Å². The molecule has 0 heterocycles. The highest BCUT2D eigenvalue weighted by Crippen LogP contribution is 2.11. The van der Waals surface area contributed by atoms with Gasteiger partial charge in [-0.05, 0) is 5.92 Å². The number of methoxy groups -OCH3 is 1. The molecule has 0 aliphatic heterocycles. The molecule has 0 aromatic carbocycles. The number of amides is 2. The molecule has 0 saturated heterocycles. The average Bonchev–Trinajstić information content (AvgIpc) is 2.28. The van der Waals surface area contributed by atoms with E-state index >= 15 is 0 Å². The zero-order chi connectivity index (χ0) is 14.8. The van der Waals surface area contributed by atoms with Crippen molar-refractivity contribution in [1.82, 2.24) is 10.6 Å². The molecule has 0 rings (SSSR count). The van der Waals surface area contributed by atoms with Crippen LogP contribution in [0, 0.1) is 11.8 Å². The number of ether oxygens (including phenoxy) is 1. The van der Waals surface area contributed by atoms with E-state index in [4.69, 9.17) is 22.7 Å². The first-order valence-corrected chi connectivity index (χ1v) is 6.63. The lowest BCUT2D eigenvalue weighted by Crippen LogP contribution is -2.42. The zero-order valence-corrected chi connectivity index (χ0v) is 12.5. The van der Waals surface area contributed by atoms with Gasteiger partial charge in [-0.2, -0.15) is 0 Å². The van der Waals surface area contributed by atoms with E-state index in [0.717, 1.165) is 0 Å². The minimum absolute atomic E-state index is 0.0352. The quantitative estimate of drug-likeness (QED) is 0.404. The van der Waals surface area contributed by atoms with Gasteiger partial charge in [0, 0.05) is 26.6 Å². The van der Waals surface area contributed by atoms with E-state index < -0.39 is 5.92 Å². The third-order valence-corrected chi connectivity index (χ3v) is 2.79. The summed E-state index contributed by atoms with van der Waals surface area (Å²) in [5.74, 6) is -0.819. The van der Waals surface area contributed by atoms with Crippen LogP contribution in [0.5, 0.6) is 0 Å². The first-order valence-electron chi connectivity index (χ1n) is 6.22. The highest BCUT2D eigenvalue weighted by molar-refractivity contribution is 7.80. The van der Waals surface area contributed by atoms with Crippen LogP contribution in [0.25, 0.3) is 0 Å². The Morgan fingerprint density at radius 2 is 1.89 bits per heavy atom. The Balaban J connectivity index is 3.96. The Kier molecular flexibility index (Phi) is 9.07. The van der Waals surface area contributed by atoms with Gasteiger partial charge in [-0.3, -0.25) is 9.59 Å². The summed E-state index contributed by atoms with van der Waals surface area (Å²) in [7, 11) is 1.56. The number of carbonyl (C=O) groups excluding carboxylic acids is 2. The number of nitrogens with two attached hydrogens (primary N) is 1. The van der Waals surface area contributed by atoms with E-state index in [2.05, 4.69) is 10.6 Å². The monoisotopic (exact) mass is 289 g/mol. The van der Waals surface area contributed by atoms with E-state index in [-0.39, 0.29) is 35.7 Å². The van der Waals surface area contributed by atoms with Crippen LogP contribution in [-0.4, -0.2) is 43.6 Å². The van der Waals surface area contributed by atoms with Gasteiger partial charge in [0.05, 0.1) is 17.5 Å². The Morgan fingerprint density at radius 3 is 2.37 bits per heavy atom. The molecule has 0 spiro atoms. The Bertz CT molecular complexity index is 321. The van der Waals surface area contributed by atoms with Gasteiger partial charge < -0.3 is 21.1 Å². The summed E-state index contributed by atoms with van der Waals surface area (Å²) in [5.41, 5.74) is 5.53. The summed E-state index contributed by atoms with van der Waals surface area (Å²) in [6, 6.07) is 0. The second-order valence-electron chi connectivity index (χ2n) is 4.51. The zero-order valence-electron chi connectivity index (χ0n) is 11.7. The molecular weight excluding hydrogens is 266 g/mol. The predicted molar refractivity (Wildman–Crippen MR) is 77.6 cm³/mol. The maximum Gasteiger partial charge on any atom is 0.230 e. The van der Waals surface area contributed by atoms with Gasteiger partial charge in [-0.15, -0.1) is 0 Å². The third kappa shape index (κ3) is 7.74. The average molecular weight is 289 g/mol. The maximum absolute atomic E-state index is 11.8. The summed E-state index contributed by atoms with van der Waals surface area (Å²) >= 11 is 4.87. The molecule has 110 valence electrons. The maximum atomic E-state index is 11.8. The number of hydrogen-bond donors (Lipinski definition) is 3. The van der Waals surface area contributed by atoms with Crippen molar-refractivity contribution in [3.8, 4) is 0 Å². The largest absolute Gasteiger partial charge is 0.393 e. The fourth-order valence-corrected chi connectivity index (χ4v) is 1.93. The van der Waals surface area contributed by atoms with Crippen molar-refractivity contribution in [3.05, 3.63) is 0 Å². The van der Waals surface area contributed by atoms with E-state index in [0.29, 0.717) is 13.2 Å². The summed E-state index contributed by atoms with van der Waals surface area (Å²) in [4.78, 5) is 23.4. The standard InChI is InChI=1S/C12H23N3O3S/c1-8(2)10(11(13)19)12(17)15-5-4-9(16)14-6-7-18-3/h8,10H,4-7H2,1-3H3,(H2,13,19)(H,14,16)(H,15,17). The summed E-state index contributed by atoms with van der Waals surface area (Å²) in [6.07, 6.45) is 0.220. The molecule has 0 fully saturated rings. The topological polar surface area (TPSA) is 93.5 Å². The van der Waals surface area contributed by atoms with Crippen LogP contribution in [0.1, 0.15) is 20.3 Å². The number of nitrogens with one attached hydrogen (secondary N) is 2. The SMILES string of the molecule is COCCNC(=O)CCNC(=O)C(C(N)=S)C(C)C. The van der Waals surface area contributed by atoms with Crippen molar-refractivity contribution in [2.75, 3.05) is 26.8 Å². The minimum atomic E-state index is -0.494. The van der Waals surface area contributed by atoms with Crippen molar-refractivity contribution in [2.24, 2.45) is 17.6 Å². The van der Waals surface area contributed by atoms with Gasteiger partial charge in [-0.1, -0.05) is 26.1 Å². The molecule has 0 aliphatic carbocycles. The van der Waals surface area contributed by atoms with Crippen molar-refractivity contribution >= 4 is 29.0 Å². The van der Waals surface area contributed by atoms with Crippen LogP contribution < -0.4 is 16.4 Å². The van der Waals surface area contributed by atoms with Crippen molar-refractivity contribution in [3.63, 3.8) is 0 Å². The molecule has 6 nitrogen and oxygen atoms in total. The second-order valence-corrected chi connectivity index (χ2v) is 4.98. The molecule has 0 aromatic heterocycles. The Hall–Kier alpha value is -1.21. The number of hydrogen-bond acceptors (Lipinski definition) is 4. The smallest absolute Gasteiger partial charge is 0.230 e. The van der Waals surface area contributed by atoms with Gasteiger partial charge in [0.1, 0.15) is 0 Å². The highest BCUT2D eigenvalue weighted by atomic mass is 32.1. The van der Waals surface area contributed by atoms with Gasteiger partial charge >= 0.3 is 0 Å². The molecule has 0 aliphatic rings. The number of thiocarbonyl (C=S) groups is 1. The van der Waals surface area contributed by atoms with E-state index in [1.165, 1.54) is 0 Å². The third-order valence-electron chi connectivity index (χ3n) is 2.54. The molecule has 1 unspecified atom stereocenters. The van der Waals surface area contributed by atoms with E-state index in [1.807, 2.05) is 13.8 Å². The molecule has 0 radical (unpaired) electrons. The fraction of sp³-hybridized carbons (Fsp3) is 0.750. The van der Waals surface area contributed by atoms with Gasteiger partial charge in [0.15, 0.2) is 0 Å². The highest BCUT2D eigenvalue weighted by Gasteiger charge is 2.24. The van der Waals surface area contributed by atoms with Crippen LogP contribution in [0.15, 0.2) is 0 Å². The minimum Gasteiger partial charge on any atom is -0.393 e. The van der Waals surface area contributed by atoms with Crippen molar-refractivity contribution in [2.45, 2.75) is 20.3 Å². The summed E-state index contributed by atoms with van der Waals surface area (Å²) < 4.78 is 4.81. The first kappa shape index (κ1) is 17.8. The van der Waals surface area contributed by atoms with Gasteiger partial charge in [-0.25, -0.2) is 0 Å². The molecule has 19 heavy (non-hydrogen) atoms. The Morgan fingerprint density at radius 1 is 1.26 bits per heavy atom. The van der Waals surface area contributed by atoms with E-state index in [1.54, 1.807) is 7.11 Å².